The molecular weight excluding hydrogens is 360 g/mol. The third-order valence-electron chi connectivity index (χ3n) is 3.82. The highest BCUT2D eigenvalue weighted by Gasteiger charge is 2.20. The van der Waals surface area contributed by atoms with E-state index in [0.717, 1.165) is 5.56 Å². The van der Waals surface area contributed by atoms with E-state index in [-0.39, 0.29) is 0 Å². The van der Waals surface area contributed by atoms with Gasteiger partial charge in [0.15, 0.2) is 22.5 Å². The summed E-state index contributed by atoms with van der Waals surface area (Å²) in [6, 6.07) is 7.71. The highest BCUT2D eigenvalue weighted by atomic mass is 32.2. The highest BCUT2D eigenvalue weighted by Crippen LogP contribution is 2.35. The fraction of sp³-hybridized carbons (Fsp3) is 0.250. The monoisotopic (exact) mass is 382 g/mol. The average Bonchev–Trinajstić information content (AvgIpc) is 2.71. The molecule has 0 unspecified atom stereocenters. The van der Waals surface area contributed by atoms with E-state index < -0.39 is 0 Å². The summed E-state index contributed by atoms with van der Waals surface area (Å²) in [6.45, 7) is 8.66. The van der Waals surface area contributed by atoms with E-state index in [1.807, 2.05) is 17.2 Å². The van der Waals surface area contributed by atoms with Crippen LogP contribution in [0.15, 0.2) is 48.7 Å². The average molecular weight is 382 g/mol. The molecule has 140 valence electrons. The molecule has 0 N–H and O–H groups in total. The van der Waals surface area contributed by atoms with Crippen molar-refractivity contribution in [1.82, 2.24) is 9.97 Å². The molecule has 0 saturated heterocycles. The van der Waals surface area contributed by atoms with E-state index in [4.69, 9.17) is 9.47 Å². The zero-order valence-corrected chi connectivity index (χ0v) is 16.5. The van der Waals surface area contributed by atoms with E-state index in [1.54, 1.807) is 38.5 Å². The van der Waals surface area contributed by atoms with Gasteiger partial charge in [-0.15, -0.1) is 13.2 Å². The Kier molecular flexibility index (Phi) is 7.26. The van der Waals surface area contributed by atoms with Gasteiger partial charge in [-0.1, -0.05) is 23.9 Å². The first kappa shape index (κ1) is 20.3. The zero-order valence-electron chi connectivity index (χ0n) is 15.7. The first-order chi connectivity index (χ1) is 13.1. The molecule has 7 heteroatoms. The molecule has 0 amide bonds. The maximum absolute atomic E-state index is 9.87. The lowest BCUT2D eigenvalue weighted by atomic mass is 10.1. The summed E-state index contributed by atoms with van der Waals surface area (Å²) < 4.78 is 10.7. The Labute approximate surface area is 164 Å². The number of nitriles is 1. The van der Waals surface area contributed by atoms with Gasteiger partial charge in [0.25, 0.3) is 0 Å². The van der Waals surface area contributed by atoms with E-state index in [0.29, 0.717) is 46.8 Å². The van der Waals surface area contributed by atoms with Crippen LogP contribution in [0.2, 0.25) is 0 Å². The van der Waals surface area contributed by atoms with Crippen LogP contribution in [0.4, 0.5) is 5.82 Å². The Morgan fingerprint density at radius 2 is 1.81 bits per heavy atom. The van der Waals surface area contributed by atoms with E-state index in [1.165, 1.54) is 11.8 Å². The second-order valence-corrected chi connectivity index (χ2v) is 6.19. The van der Waals surface area contributed by atoms with Crippen LogP contribution in [0.25, 0.3) is 11.3 Å². The molecule has 0 aliphatic heterocycles. The Hall–Kier alpha value is -2.98. The molecule has 0 aliphatic rings. The second kappa shape index (κ2) is 9.64. The number of nitrogens with zero attached hydrogens (tertiary/aromatic N) is 4. The predicted octanol–water partition coefficient (Wildman–Crippen LogP) is 3.93. The lowest BCUT2D eigenvalue weighted by Crippen LogP contribution is -2.26. The summed E-state index contributed by atoms with van der Waals surface area (Å²) in [4.78, 5) is 11.1. The Balaban J connectivity index is 2.72. The van der Waals surface area contributed by atoms with Gasteiger partial charge in [0, 0.05) is 18.7 Å². The van der Waals surface area contributed by atoms with Crippen LogP contribution in [-0.2, 0) is 0 Å². The molecular formula is C20H22N4O2S. The van der Waals surface area contributed by atoms with Crippen LogP contribution in [0.5, 0.6) is 11.5 Å². The van der Waals surface area contributed by atoms with Crippen molar-refractivity contribution in [2.24, 2.45) is 0 Å². The van der Waals surface area contributed by atoms with Crippen LogP contribution < -0.4 is 14.4 Å². The van der Waals surface area contributed by atoms with Gasteiger partial charge in [-0.2, -0.15) is 5.26 Å². The van der Waals surface area contributed by atoms with Crippen molar-refractivity contribution < 1.29 is 9.47 Å². The molecule has 0 atom stereocenters. The molecule has 27 heavy (non-hydrogen) atoms. The van der Waals surface area contributed by atoms with Crippen molar-refractivity contribution in [3.63, 3.8) is 0 Å². The smallest absolute Gasteiger partial charge is 0.189 e. The van der Waals surface area contributed by atoms with E-state index in [9.17, 15) is 5.26 Å². The molecule has 0 saturated carbocycles. The quantitative estimate of drug-likeness (QED) is 0.370. The summed E-state index contributed by atoms with van der Waals surface area (Å²) in [5.74, 6) is 1.74. The van der Waals surface area contributed by atoms with Gasteiger partial charge in [-0.3, -0.25) is 0 Å². The first-order valence-electron chi connectivity index (χ1n) is 8.18. The fourth-order valence-electron chi connectivity index (χ4n) is 2.60. The van der Waals surface area contributed by atoms with E-state index >= 15 is 0 Å². The van der Waals surface area contributed by atoms with Crippen LogP contribution in [0.3, 0.4) is 0 Å². The molecule has 1 heterocycles. The summed E-state index contributed by atoms with van der Waals surface area (Å²) in [6.07, 6.45) is 5.43. The lowest BCUT2D eigenvalue weighted by Gasteiger charge is -2.23. The number of benzene rings is 1. The molecule has 0 spiro atoms. The second-order valence-electron chi connectivity index (χ2n) is 5.42. The summed E-state index contributed by atoms with van der Waals surface area (Å²) in [5.41, 5.74) is 1.69. The minimum absolute atomic E-state index is 0.392. The summed E-state index contributed by atoms with van der Waals surface area (Å²) >= 11 is 1.42. The van der Waals surface area contributed by atoms with Gasteiger partial charge in [0.2, 0.25) is 0 Å². The third kappa shape index (κ3) is 4.41. The summed E-state index contributed by atoms with van der Waals surface area (Å²) in [5, 5.41) is 10.4. The summed E-state index contributed by atoms with van der Waals surface area (Å²) in [7, 11) is 3.15. The van der Waals surface area contributed by atoms with Crippen molar-refractivity contribution in [3.05, 3.63) is 49.1 Å². The Morgan fingerprint density at radius 1 is 1.15 bits per heavy atom. The van der Waals surface area contributed by atoms with Crippen molar-refractivity contribution in [2.45, 2.75) is 5.16 Å². The maximum Gasteiger partial charge on any atom is 0.189 e. The predicted molar refractivity (Wildman–Crippen MR) is 110 cm³/mol. The van der Waals surface area contributed by atoms with Crippen molar-refractivity contribution in [2.75, 3.05) is 38.5 Å². The molecule has 0 fully saturated rings. The van der Waals surface area contributed by atoms with Crippen LogP contribution in [0, 0.1) is 11.3 Å². The fourth-order valence-corrected chi connectivity index (χ4v) is 2.96. The SMILES string of the molecule is C=CCN(CC=C)c1nc(SC)nc(-c2ccc(OC)c(OC)c2)c1C#N. The normalized spacial score (nSPS) is 10.0. The number of rotatable bonds is 9. The van der Waals surface area contributed by atoms with Gasteiger partial charge < -0.3 is 14.4 Å². The zero-order chi connectivity index (χ0) is 19.8. The molecule has 1 aromatic heterocycles. The minimum Gasteiger partial charge on any atom is -0.493 e. The molecule has 0 bridgehead atoms. The van der Waals surface area contributed by atoms with Crippen molar-refractivity contribution in [1.29, 1.82) is 5.26 Å². The van der Waals surface area contributed by atoms with Gasteiger partial charge in [0.05, 0.1) is 19.9 Å². The molecule has 0 radical (unpaired) electrons. The number of thioether (sulfide) groups is 1. The third-order valence-corrected chi connectivity index (χ3v) is 4.37. The minimum atomic E-state index is 0.392. The number of aromatic nitrogens is 2. The van der Waals surface area contributed by atoms with Crippen LogP contribution in [0.1, 0.15) is 5.56 Å². The number of hydrogen-bond donors (Lipinski definition) is 0. The van der Waals surface area contributed by atoms with Crippen LogP contribution in [-0.4, -0.2) is 43.5 Å². The van der Waals surface area contributed by atoms with Gasteiger partial charge in [0.1, 0.15) is 11.6 Å². The van der Waals surface area contributed by atoms with Gasteiger partial charge in [-0.25, -0.2) is 9.97 Å². The lowest BCUT2D eigenvalue weighted by molar-refractivity contribution is 0.355. The number of hydrogen-bond acceptors (Lipinski definition) is 7. The van der Waals surface area contributed by atoms with Gasteiger partial charge in [-0.05, 0) is 24.5 Å². The first-order valence-corrected chi connectivity index (χ1v) is 9.41. The van der Waals surface area contributed by atoms with Crippen LogP contribution >= 0.6 is 11.8 Å². The standard InChI is InChI=1S/C20H22N4O2S/c1-6-10-24(11-7-2)19-15(13-21)18(22-20(23-19)27-5)14-8-9-16(25-3)17(12-14)26-4/h6-9,12H,1-2,10-11H2,3-5H3. The number of anilines is 1. The van der Waals surface area contributed by atoms with Crippen molar-refractivity contribution >= 4 is 17.6 Å². The Morgan fingerprint density at radius 3 is 2.33 bits per heavy atom. The largest absolute Gasteiger partial charge is 0.493 e. The van der Waals surface area contributed by atoms with Crippen molar-refractivity contribution in [3.8, 4) is 28.8 Å². The number of ether oxygens (including phenoxy) is 2. The highest BCUT2D eigenvalue weighted by molar-refractivity contribution is 7.98. The molecule has 1 aromatic carbocycles. The maximum atomic E-state index is 9.87. The molecule has 6 nitrogen and oxygen atoms in total. The topological polar surface area (TPSA) is 71.3 Å². The Bertz CT molecular complexity index is 867. The molecule has 2 rings (SSSR count). The molecule has 2 aromatic rings. The van der Waals surface area contributed by atoms with Gasteiger partial charge >= 0.3 is 0 Å². The number of methoxy groups -OCH3 is 2. The molecule has 0 aliphatic carbocycles. The van der Waals surface area contributed by atoms with E-state index in [2.05, 4.69) is 29.2 Å².